The normalized spacial score (nSPS) is 13.9. The average molecular weight is 222 g/mol. The van der Waals surface area contributed by atoms with E-state index in [9.17, 15) is 9.59 Å². The summed E-state index contributed by atoms with van der Waals surface area (Å²) in [6.07, 6.45) is 2.31. The third kappa shape index (κ3) is 4.08. The van der Waals surface area contributed by atoms with Crippen LogP contribution in [-0.4, -0.2) is 31.0 Å². The van der Waals surface area contributed by atoms with Crippen LogP contribution in [0, 0.1) is 0 Å². The van der Waals surface area contributed by atoms with E-state index in [1.54, 1.807) is 6.20 Å². The van der Waals surface area contributed by atoms with Crippen molar-refractivity contribution in [3.8, 4) is 0 Å². The molecule has 5 nitrogen and oxygen atoms in total. The van der Waals surface area contributed by atoms with Crippen LogP contribution in [0.2, 0.25) is 0 Å². The molecule has 1 aromatic rings. The van der Waals surface area contributed by atoms with Gasteiger partial charge in [-0.2, -0.15) is 0 Å². The van der Waals surface area contributed by atoms with Crippen LogP contribution in [0.25, 0.3) is 0 Å². The summed E-state index contributed by atoms with van der Waals surface area (Å²) in [5.41, 5.74) is 0. The van der Waals surface area contributed by atoms with Gasteiger partial charge in [0, 0.05) is 20.3 Å². The molecule has 1 saturated heterocycles. The molecule has 1 aliphatic heterocycles. The van der Waals surface area contributed by atoms with Crippen LogP contribution < -0.4 is 4.90 Å². The number of aromatic nitrogens is 1. The molecule has 86 valence electrons. The molecule has 2 rings (SSSR count). The molecule has 1 aliphatic rings. The Morgan fingerprint density at radius 1 is 1.19 bits per heavy atom. The molecule has 0 saturated carbocycles. The lowest BCUT2D eigenvalue weighted by Gasteiger charge is -2.08. The van der Waals surface area contributed by atoms with E-state index >= 15 is 0 Å². The van der Waals surface area contributed by atoms with Gasteiger partial charge in [0.05, 0.1) is 12.8 Å². The fraction of sp³-hybridized carbons (Fsp3) is 0.364. The fourth-order valence-corrected chi connectivity index (χ4v) is 1.05. The van der Waals surface area contributed by atoms with Gasteiger partial charge in [-0.25, -0.2) is 4.98 Å². The number of hydrogen-bond acceptors (Lipinski definition) is 5. The van der Waals surface area contributed by atoms with Crippen LogP contribution in [0.5, 0.6) is 0 Å². The molecule has 0 atom stereocenters. The number of ether oxygens (including phenoxy) is 1. The first-order valence-corrected chi connectivity index (χ1v) is 4.91. The van der Waals surface area contributed by atoms with Gasteiger partial charge in [-0.3, -0.25) is 9.59 Å². The maximum Gasteiger partial charge on any atom is 0.314 e. The second kappa shape index (κ2) is 5.85. The zero-order chi connectivity index (χ0) is 12.0. The van der Waals surface area contributed by atoms with Gasteiger partial charge in [-0.1, -0.05) is 6.07 Å². The number of pyridine rings is 1. The Morgan fingerprint density at radius 3 is 2.06 bits per heavy atom. The molecule has 0 aliphatic carbocycles. The van der Waals surface area contributed by atoms with Crippen LogP contribution in [-0.2, 0) is 14.3 Å². The Morgan fingerprint density at radius 2 is 1.81 bits per heavy atom. The highest BCUT2D eigenvalue weighted by Crippen LogP contribution is 2.04. The molecular weight excluding hydrogens is 208 g/mol. The number of esters is 2. The predicted octanol–water partition coefficient (Wildman–Crippen LogP) is 0.998. The van der Waals surface area contributed by atoms with E-state index < -0.39 is 11.9 Å². The monoisotopic (exact) mass is 222 g/mol. The molecule has 0 N–H and O–H groups in total. The van der Waals surface area contributed by atoms with Crippen molar-refractivity contribution in [1.82, 2.24) is 4.98 Å². The van der Waals surface area contributed by atoms with Crippen molar-refractivity contribution in [2.45, 2.75) is 12.8 Å². The lowest BCUT2D eigenvalue weighted by molar-refractivity contribution is -0.151. The Labute approximate surface area is 94.0 Å². The number of carbonyl (C=O) groups is 2. The summed E-state index contributed by atoms with van der Waals surface area (Å²) in [6, 6.07) is 5.86. The molecule has 0 radical (unpaired) electrons. The summed E-state index contributed by atoms with van der Waals surface area (Å²) >= 11 is 0. The number of cyclic esters (lactones) is 2. The number of nitrogens with zero attached hydrogens (tertiary/aromatic N) is 2. The quantitative estimate of drug-likeness (QED) is 0.524. The lowest BCUT2D eigenvalue weighted by atomic mass is 10.4. The van der Waals surface area contributed by atoms with Crippen LogP contribution in [0.4, 0.5) is 5.82 Å². The summed E-state index contributed by atoms with van der Waals surface area (Å²) in [5, 5.41) is 0. The van der Waals surface area contributed by atoms with Gasteiger partial charge < -0.3 is 9.64 Å². The maximum atomic E-state index is 10.0. The van der Waals surface area contributed by atoms with E-state index in [0.29, 0.717) is 0 Å². The molecule has 0 bridgehead atoms. The van der Waals surface area contributed by atoms with Gasteiger partial charge in [0.25, 0.3) is 0 Å². The summed E-state index contributed by atoms with van der Waals surface area (Å²) < 4.78 is 4.08. The second-order valence-electron chi connectivity index (χ2n) is 3.43. The van der Waals surface area contributed by atoms with Gasteiger partial charge >= 0.3 is 11.9 Å². The summed E-state index contributed by atoms with van der Waals surface area (Å²) in [4.78, 5) is 26.1. The number of anilines is 1. The van der Waals surface area contributed by atoms with Crippen molar-refractivity contribution in [2.75, 3.05) is 19.0 Å². The Bertz CT molecular complexity index is 349. The highest BCUT2D eigenvalue weighted by molar-refractivity contribution is 5.92. The van der Waals surface area contributed by atoms with Crippen molar-refractivity contribution < 1.29 is 14.3 Å². The summed E-state index contributed by atoms with van der Waals surface area (Å²) in [5.74, 6) is 0.201. The Kier molecular flexibility index (Phi) is 4.44. The van der Waals surface area contributed by atoms with Gasteiger partial charge in [-0.05, 0) is 12.1 Å². The summed E-state index contributed by atoms with van der Waals surface area (Å²) in [6.45, 7) is 0. The van der Waals surface area contributed by atoms with Crippen LogP contribution >= 0.6 is 0 Å². The van der Waals surface area contributed by atoms with Gasteiger partial charge in [0.2, 0.25) is 0 Å². The van der Waals surface area contributed by atoms with E-state index in [1.165, 1.54) is 0 Å². The average Bonchev–Trinajstić information content (AvgIpc) is 2.65. The third-order valence-corrected chi connectivity index (χ3v) is 1.87. The van der Waals surface area contributed by atoms with E-state index in [0.717, 1.165) is 5.82 Å². The van der Waals surface area contributed by atoms with Crippen molar-refractivity contribution in [3.63, 3.8) is 0 Å². The topological polar surface area (TPSA) is 59.5 Å². The van der Waals surface area contributed by atoms with E-state index in [2.05, 4.69) is 9.72 Å². The van der Waals surface area contributed by atoms with Crippen molar-refractivity contribution in [2.24, 2.45) is 0 Å². The first-order valence-electron chi connectivity index (χ1n) is 4.91. The largest absolute Gasteiger partial charge is 0.393 e. The van der Waals surface area contributed by atoms with Crippen molar-refractivity contribution >= 4 is 17.8 Å². The van der Waals surface area contributed by atoms with E-state index in [-0.39, 0.29) is 12.8 Å². The standard InChI is InChI=1S/C7H10N2.C4H4O3/c1-9(2)7-5-3-4-6-8-7;5-3-1-2-4(6)7-3/h3-6H,1-2H3;1-2H2. The SMILES string of the molecule is CN(C)c1ccccn1.O=C1CCC(=O)O1. The Hall–Kier alpha value is -1.91. The van der Waals surface area contributed by atoms with Crippen molar-refractivity contribution in [1.29, 1.82) is 0 Å². The maximum absolute atomic E-state index is 10.0. The summed E-state index contributed by atoms with van der Waals surface area (Å²) in [7, 11) is 3.95. The van der Waals surface area contributed by atoms with Crippen LogP contribution in [0.3, 0.4) is 0 Å². The molecular formula is C11H14N2O3. The molecule has 1 aromatic heterocycles. The van der Waals surface area contributed by atoms with Gasteiger partial charge in [-0.15, -0.1) is 0 Å². The molecule has 2 heterocycles. The first-order chi connectivity index (χ1) is 7.59. The minimum atomic E-state index is -0.398. The smallest absolute Gasteiger partial charge is 0.314 e. The zero-order valence-electron chi connectivity index (χ0n) is 9.34. The van der Waals surface area contributed by atoms with E-state index in [1.807, 2.05) is 37.2 Å². The second-order valence-corrected chi connectivity index (χ2v) is 3.43. The highest BCUT2D eigenvalue weighted by atomic mass is 16.6. The molecule has 16 heavy (non-hydrogen) atoms. The molecule has 0 amide bonds. The van der Waals surface area contributed by atoms with E-state index in [4.69, 9.17) is 0 Å². The molecule has 1 fully saturated rings. The predicted molar refractivity (Wildman–Crippen MR) is 58.9 cm³/mol. The van der Waals surface area contributed by atoms with Gasteiger partial charge in [0.1, 0.15) is 5.82 Å². The van der Waals surface area contributed by atoms with Crippen molar-refractivity contribution in [3.05, 3.63) is 24.4 Å². The minimum Gasteiger partial charge on any atom is -0.393 e. The number of carbonyl (C=O) groups excluding carboxylic acids is 2. The molecule has 0 spiro atoms. The van der Waals surface area contributed by atoms with Crippen LogP contribution in [0.15, 0.2) is 24.4 Å². The number of rotatable bonds is 1. The molecule has 5 heteroatoms. The first kappa shape index (κ1) is 12.2. The fourth-order valence-electron chi connectivity index (χ4n) is 1.05. The van der Waals surface area contributed by atoms with Crippen LogP contribution in [0.1, 0.15) is 12.8 Å². The highest BCUT2D eigenvalue weighted by Gasteiger charge is 2.19. The molecule has 0 aromatic carbocycles. The van der Waals surface area contributed by atoms with Gasteiger partial charge in [0.15, 0.2) is 0 Å². The third-order valence-electron chi connectivity index (χ3n) is 1.87. The lowest BCUT2D eigenvalue weighted by Crippen LogP contribution is -2.09. The minimum absolute atomic E-state index is 0.263. The Balaban J connectivity index is 0.000000165. The molecule has 0 unspecified atom stereocenters. The zero-order valence-corrected chi connectivity index (χ0v) is 9.34. The number of hydrogen-bond donors (Lipinski definition) is 0.